The molecular formula is C14H25NO4S2. The van der Waals surface area contributed by atoms with E-state index < -0.39 is 27.2 Å². The van der Waals surface area contributed by atoms with Crippen molar-refractivity contribution in [3.63, 3.8) is 0 Å². The highest BCUT2D eigenvalue weighted by Gasteiger charge is 2.43. The number of esters is 1. The van der Waals surface area contributed by atoms with Crippen molar-refractivity contribution in [1.29, 1.82) is 0 Å². The molecule has 2 aliphatic carbocycles. The number of hydrogen-bond acceptors (Lipinski definition) is 5. The summed E-state index contributed by atoms with van der Waals surface area (Å²) in [7, 11) is -2.15. The average molecular weight is 335 g/mol. The number of rotatable bonds is 5. The number of methoxy groups -OCH3 is 1. The van der Waals surface area contributed by atoms with Crippen molar-refractivity contribution in [2.24, 2.45) is 5.92 Å². The number of hydrogen-bond donors (Lipinski definition) is 1. The summed E-state index contributed by atoms with van der Waals surface area (Å²) >= 11 is 1.73. The van der Waals surface area contributed by atoms with Gasteiger partial charge in [0.25, 0.3) is 0 Å². The zero-order valence-corrected chi connectivity index (χ0v) is 14.3. The smallest absolute Gasteiger partial charge is 0.310 e. The standard InChI is InChI=1S/C14H25NO4S2/c1-19-14(16)10-6-5-9-13(10)21(17,18)15-11-7-3-4-8-12(11)20-2/h10-13,15H,3-9H2,1-2H3. The zero-order valence-electron chi connectivity index (χ0n) is 12.7. The van der Waals surface area contributed by atoms with Gasteiger partial charge in [0.05, 0.1) is 18.3 Å². The largest absolute Gasteiger partial charge is 0.469 e. The molecule has 0 aromatic rings. The number of thioether (sulfide) groups is 1. The molecule has 0 aromatic carbocycles. The van der Waals surface area contributed by atoms with E-state index in [9.17, 15) is 13.2 Å². The second-order valence-corrected chi connectivity index (χ2v) is 8.94. The summed E-state index contributed by atoms with van der Waals surface area (Å²) in [5.41, 5.74) is 0. The second-order valence-electron chi connectivity index (χ2n) is 5.93. The maximum atomic E-state index is 12.7. The van der Waals surface area contributed by atoms with E-state index >= 15 is 0 Å². The van der Waals surface area contributed by atoms with Crippen LogP contribution in [0.25, 0.3) is 0 Å². The topological polar surface area (TPSA) is 72.5 Å². The molecule has 4 atom stereocenters. The van der Waals surface area contributed by atoms with Gasteiger partial charge in [0.2, 0.25) is 10.0 Å². The SMILES string of the molecule is COC(=O)C1CCCC1S(=O)(=O)NC1CCCCC1SC. The summed E-state index contributed by atoms with van der Waals surface area (Å²) in [6.07, 6.45) is 8.12. The van der Waals surface area contributed by atoms with Gasteiger partial charge >= 0.3 is 5.97 Å². The molecular weight excluding hydrogens is 310 g/mol. The van der Waals surface area contributed by atoms with Crippen LogP contribution < -0.4 is 4.72 Å². The number of ether oxygens (including phenoxy) is 1. The number of sulfonamides is 1. The molecule has 0 aliphatic heterocycles. The van der Waals surface area contributed by atoms with Gasteiger partial charge in [0, 0.05) is 11.3 Å². The fourth-order valence-electron chi connectivity index (χ4n) is 3.53. The second kappa shape index (κ2) is 7.33. The quantitative estimate of drug-likeness (QED) is 0.777. The Hall–Kier alpha value is -0.270. The molecule has 0 heterocycles. The van der Waals surface area contributed by atoms with Crippen molar-refractivity contribution in [1.82, 2.24) is 4.72 Å². The summed E-state index contributed by atoms with van der Waals surface area (Å²) in [6, 6.07) is -0.00218. The molecule has 2 saturated carbocycles. The maximum Gasteiger partial charge on any atom is 0.310 e. The molecule has 0 aromatic heterocycles. The van der Waals surface area contributed by atoms with Crippen molar-refractivity contribution in [2.45, 2.75) is 61.5 Å². The molecule has 4 unspecified atom stereocenters. The monoisotopic (exact) mass is 335 g/mol. The van der Waals surface area contributed by atoms with Crippen molar-refractivity contribution in [3.8, 4) is 0 Å². The first-order valence-corrected chi connectivity index (χ1v) is 10.4. The minimum atomic E-state index is -3.47. The Morgan fingerprint density at radius 3 is 2.52 bits per heavy atom. The Kier molecular flexibility index (Phi) is 5.96. The van der Waals surface area contributed by atoms with E-state index in [1.54, 1.807) is 11.8 Å². The van der Waals surface area contributed by atoms with Crippen LogP contribution in [0.1, 0.15) is 44.9 Å². The maximum absolute atomic E-state index is 12.7. The Morgan fingerprint density at radius 1 is 1.14 bits per heavy atom. The van der Waals surface area contributed by atoms with Gasteiger partial charge in [0.15, 0.2) is 0 Å². The lowest BCUT2D eigenvalue weighted by atomic mass is 9.96. The predicted octanol–water partition coefficient (Wildman–Crippen LogP) is 1.92. The molecule has 2 aliphatic rings. The average Bonchev–Trinajstić information content (AvgIpc) is 2.97. The fraction of sp³-hybridized carbons (Fsp3) is 0.929. The van der Waals surface area contributed by atoms with Crippen LogP contribution in [0.3, 0.4) is 0 Å². The fourth-order valence-corrected chi connectivity index (χ4v) is 6.59. The Balaban J connectivity index is 2.08. The van der Waals surface area contributed by atoms with Crippen molar-refractivity contribution < 1.29 is 17.9 Å². The van der Waals surface area contributed by atoms with Crippen LogP contribution in [0, 0.1) is 5.92 Å². The molecule has 0 bridgehead atoms. The highest BCUT2D eigenvalue weighted by Crippen LogP contribution is 2.33. The predicted molar refractivity (Wildman–Crippen MR) is 84.8 cm³/mol. The molecule has 0 spiro atoms. The van der Waals surface area contributed by atoms with Crippen molar-refractivity contribution in [3.05, 3.63) is 0 Å². The summed E-state index contributed by atoms with van der Waals surface area (Å²) in [5.74, 6) is -0.906. The first-order chi connectivity index (χ1) is 9.99. The third kappa shape index (κ3) is 3.93. The summed E-state index contributed by atoms with van der Waals surface area (Å²) in [4.78, 5) is 11.8. The molecule has 7 heteroatoms. The number of carbonyl (C=O) groups is 1. The van der Waals surface area contributed by atoms with E-state index in [4.69, 9.17) is 4.74 Å². The molecule has 2 rings (SSSR count). The van der Waals surface area contributed by atoms with E-state index in [0.717, 1.165) is 32.1 Å². The van der Waals surface area contributed by atoms with Crippen molar-refractivity contribution in [2.75, 3.05) is 13.4 Å². The molecule has 122 valence electrons. The van der Waals surface area contributed by atoms with Gasteiger partial charge in [-0.25, -0.2) is 13.1 Å². The van der Waals surface area contributed by atoms with Crippen LogP contribution in [0.15, 0.2) is 0 Å². The molecule has 0 radical (unpaired) electrons. The van der Waals surface area contributed by atoms with E-state index in [0.29, 0.717) is 18.1 Å². The number of nitrogens with one attached hydrogen (secondary N) is 1. The van der Waals surface area contributed by atoms with Gasteiger partial charge in [-0.2, -0.15) is 11.8 Å². The van der Waals surface area contributed by atoms with E-state index in [-0.39, 0.29) is 6.04 Å². The lowest BCUT2D eigenvalue weighted by Crippen LogP contribution is -2.48. The summed E-state index contributed by atoms with van der Waals surface area (Å²) in [5, 5.41) is -0.291. The zero-order chi connectivity index (χ0) is 15.5. The molecule has 0 amide bonds. The van der Waals surface area contributed by atoms with E-state index in [2.05, 4.69) is 4.72 Å². The van der Waals surface area contributed by atoms with Crippen LogP contribution in [-0.2, 0) is 19.6 Å². The molecule has 0 saturated heterocycles. The third-order valence-electron chi connectivity index (χ3n) is 4.68. The highest BCUT2D eigenvalue weighted by atomic mass is 32.2. The lowest BCUT2D eigenvalue weighted by Gasteiger charge is -2.32. The van der Waals surface area contributed by atoms with Gasteiger partial charge in [-0.15, -0.1) is 0 Å². The van der Waals surface area contributed by atoms with Crippen LogP contribution in [-0.4, -0.2) is 44.3 Å². The molecule has 2 fully saturated rings. The minimum absolute atomic E-state index is 0.00218. The van der Waals surface area contributed by atoms with Gasteiger partial charge in [-0.3, -0.25) is 4.79 Å². The van der Waals surface area contributed by atoms with Gasteiger partial charge in [0.1, 0.15) is 0 Å². The number of carbonyl (C=O) groups excluding carboxylic acids is 1. The first kappa shape index (κ1) is 17.1. The van der Waals surface area contributed by atoms with Gasteiger partial charge < -0.3 is 4.74 Å². The van der Waals surface area contributed by atoms with Crippen LogP contribution in [0.2, 0.25) is 0 Å². The lowest BCUT2D eigenvalue weighted by molar-refractivity contribution is -0.145. The van der Waals surface area contributed by atoms with Crippen LogP contribution in [0.5, 0.6) is 0 Å². The third-order valence-corrected chi connectivity index (χ3v) is 7.84. The Morgan fingerprint density at radius 2 is 1.86 bits per heavy atom. The van der Waals surface area contributed by atoms with E-state index in [1.165, 1.54) is 7.11 Å². The first-order valence-electron chi connectivity index (χ1n) is 7.61. The summed E-state index contributed by atoms with van der Waals surface area (Å²) in [6.45, 7) is 0. The Bertz CT molecular complexity index is 466. The van der Waals surface area contributed by atoms with Gasteiger partial charge in [-0.1, -0.05) is 19.3 Å². The highest BCUT2D eigenvalue weighted by molar-refractivity contribution is 7.99. The van der Waals surface area contributed by atoms with Gasteiger partial charge in [-0.05, 0) is 31.9 Å². The van der Waals surface area contributed by atoms with E-state index in [1.807, 2.05) is 6.26 Å². The summed E-state index contributed by atoms with van der Waals surface area (Å²) < 4.78 is 33.0. The van der Waals surface area contributed by atoms with Crippen LogP contribution >= 0.6 is 11.8 Å². The molecule has 1 N–H and O–H groups in total. The molecule has 21 heavy (non-hydrogen) atoms. The van der Waals surface area contributed by atoms with Crippen molar-refractivity contribution >= 4 is 27.8 Å². The minimum Gasteiger partial charge on any atom is -0.469 e. The van der Waals surface area contributed by atoms with Crippen LogP contribution in [0.4, 0.5) is 0 Å². The normalized spacial score (nSPS) is 33.8. The Labute approximate surface area is 131 Å². The molecule has 5 nitrogen and oxygen atoms in total.